The van der Waals surface area contributed by atoms with Crippen molar-refractivity contribution in [1.29, 1.82) is 0 Å². The van der Waals surface area contributed by atoms with E-state index in [0.717, 1.165) is 33.0 Å². The van der Waals surface area contributed by atoms with Crippen LogP contribution in [-0.2, 0) is 6.54 Å². The summed E-state index contributed by atoms with van der Waals surface area (Å²) in [5, 5.41) is 30.3. The van der Waals surface area contributed by atoms with Crippen LogP contribution in [0.4, 0.5) is 5.69 Å². The molecule has 0 atom stereocenters. The minimum absolute atomic E-state index is 0.101. The third kappa shape index (κ3) is 5.00. The molecule has 1 amide bonds. The van der Waals surface area contributed by atoms with Gasteiger partial charge in [0.2, 0.25) is 4.96 Å². The van der Waals surface area contributed by atoms with Crippen molar-refractivity contribution in [2.45, 2.75) is 20.4 Å². The number of nitro groups is 1. The van der Waals surface area contributed by atoms with Gasteiger partial charge in [-0.2, -0.15) is 9.61 Å². The normalized spacial score (nSPS) is 10.8. The first-order valence-corrected chi connectivity index (χ1v) is 11.4. The summed E-state index contributed by atoms with van der Waals surface area (Å²) < 4.78 is 6.94. The van der Waals surface area contributed by atoms with Crippen molar-refractivity contribution in [1.82, 2.24) is 30.4 Å². The lowest BCUT2D eigenvalue weighted by atomic mass is 10.1. The molecule has 2 aromatic carbocycles. The Labute approximate surface area is 202 Å². The SMILES string of the molecule is CCOc1ccc(C(=O)NC(=S)NCc2ccc(-c3nn4c(C)nnc4s3)cc2)cc1[N+](=O)[O-]. The molecule has 4 rings (SSSR count). The number of aryl methyl sites for hydroxylation is 1. The third-order valence-electron chi connectivity index (χ3n) is 4.75. The van der Waals surface area contributed by atoms with E-state index in [4.69, 9.17) is 17.0 Å². The van der Waals surface area contributed by atoms with Crippen LogP contribution in [0, 0.1) is 17.0 Å². The molecule has 0 saturated heterocycles. The molecule has 11 nitrogen and oxygen atoms in total. The number of aromatic nitrogens is 4. The first-order chi connectivity index (χ1) is 16.4. The predicted molar refractivity (Wildman–Crippen MR) is 130 cm³/mol. The minimum Gasteiger partial charge on any atom is -0.487 e. The molecule has 13 heteroatoms. The van der Waals surface area contributed by atoms with Crippen molar-refractivity contribution >= 4 is 45.2 Å². The van der Waals surface area contributed by atoms with Gasteiger partial charge in [-0.05, 0) is 43.8 Å². The van der Waals surface area contributed by atoms with Gasteiger partial charge in [0.15, 0.2) is 16.7 Å². The summed E-state index contributed by atoms with van der Waals surface area (Å²) in [5.74, 6) is 0.276. The Morgan fingerprint density at radius 1 is 1.24 bits per heavy atom. The molecule has 34 heavy (non-hydrogen) atoms. The van der Waals surface area contributed by atoms with Crippen LogP contribution in [0.5, 0.6) is 5.75 Å². The zero-order valence-electron chi connectivity index (χ0n) is 18.1. The molecule has 0 aliphatic rings. The van der Waals surface area contributed by atoms with Crippen molar-refractivity contribution in [2.75, 3.05) is 6.61 Å². The highest BCUT2D eigenvalue weighted by Crippen LogP contribution is 2.28. The molecule has 0 aliphatic carbocycles. The van der Waals surface area contributed by atoms with E-state index in [1.54, 1.807) is 11.4 Å². The van der Waals surface area contributed by atoms with Gasteiger partial charge in [0, 0.05) is 23.7 Å². The number of ether oxygens (including phenoxy) is 1. The maximum atomic E-state index is 12.5. The van der Waals surface area contributed by atoms with Crippen LogP contribution in [0.3, 0.4) is 0 Å². The lowest BCUT2D eigenvalue weighted by molar-refractivity contribution is -0.385. The molecule has 174 valence electrons. The molecule has 0 bridgehead atoms. The van der Waals surface area contributed by atoms with E-state index in [1.807, 2.05) is 31.2 Å². The second-order valence-corrected chi connectivity index (χ2v) is 8.42. The summed E-state index contributed by atoms with van der Waals surface area (Å²) in [6.45, 7) is 4.22. The number of nitrogens with one attached hydrogen (secondary N) is 2. The van der Waals surface area contributed by atoms with Crippen molar-refractivity contribution in [2.24, 2.45) is 0 Å². The van der Waals surface area contributed by atoms with Crippen LogP contribution >= 0.6 is 23.6 Å². The highest BCUT2D eigenvalue weighted by molar-refractivity contribution is 7.80. The fraction of sp³-hybridized carbons (Fsp3) is 0.190. The maximum Gasteiger partial charge on any atom is 0.311 e. The van der Waals surface area contributed by atoms with Crippen molar-refractivity contribution in [3.8, 4) is 16.3 Å². The molecule has 2 N–H and O–H groups in total. The number of nitro benzene ring substituents is 1. The van der Waals surface area contributed by atoms with E-state index in [-0.39, 0.29) is 28.7 Å². The summed E-state index contributed by atoms with van der Waals surface area (Å²) in [5.41, 5.74) is 1.71. The first kappa shape index (κ1) is 23.2. The number of amides is 1. The number of hydrogen-bond acceptors (Lipinski definition) is 9. The van der Waals surface area contributed by atoms with Crippen LogP contribution in [-0.4, -0.2) is 42.4 Å². The number of thiocarbonyl (C=S) groups is 1. The van der Waals surface area contributed by atoms with Crippen LogP contribution in [0.2, 0.25) is 0 Å². The number of hydrogen-bond donors (Lipinski definition) is 2. The Bertz CT molecular complexity index is 1380. The molecule has 0 aliphatic heterocycles. The summed E-state index contributed by atoms with van der Waals surface area (Å²) in [4.78, 5) is 23.9. The van der Waals surface area contributed by atoms with E-state index in [1.165, 1.54) is 23.5 Å². The van der Waals surface area contributed by atoms with E-state index < -0.39 is 10.8 Å². The van der Waals surface area contributed by atoms with Gasteiger partial charge in [0.25, 0.3) is 5.91 Å². The van der Waals surface area contributed by atoms with Crippen molar-refractivity contribution in [3.63, 3.8) is 0 Å². The molecule has 4 aromatic rings. The molecule has 0 radical (unpaired) electrons. The predicted octanol–water partition coefficient (Wildman–Crippen LogP) is 3.27. The quantitative estimate of drug-likeness (QED) is 0.224. The van der Waals surface area contributed by atoms with Gasteiger partial charge < -0.3 is 10.1 Å². The topological polar surface area (TPSA) is 137 Å². The molecule has 2 heterocycles. The van der Waals surface area contributed by atoms with Crippen molar-refractivity contribution in [3.05, 3.63) is 69.5 Å². The standard InChI is InChI=1S/C21H19N7O4S2/c1-3-32-17-9-8-15(10-16(17)28(30)31)18(29)23-20(33)22-11-13-4-6-14(7-5-13)19-26-27-12(2)24-25-21(27)34-19/h4-10H,3,11H2,1-2H3,(H2,22,23,29,33). The average molecular weight is 498 g/mol. The molecule has 0 saturated carbocycles. The fourth-order valence-corrected chi connectivity index (χ4v) is 4.13. The van der Waals surface area contributed by atoms with Gasteiger partial charge in [0.05, 0.1) is 11.5 Å². The monoisotopic (exact) mass is 497 g/mol. The largest absolute Gasteiger partial charge is 0.487 e. The summed E-state index contributed by atoms with van der Waals surface area (Å²) in [7, 11) is 0. The summed E-state index contributed by atoms with van der Waals surface area (Å²) in [6, 6.07) is 11.7. The van der Waals surface area contributed by atoms with E-state index in [9.17, 15) is 14.9 Å². The number of carbonyl (C=O) groups excluding carboxylic acids is 1. The summed E-state index contributed by atoms with van der Waals surface area (Å²) in [6.07, 6.45) is 0. The zero-order valence-corrected chi connectivity index (χ0v) is 19.8. The maximum absolute atomic E-state index is 12.5. The van der Waals surface area contributed by atoms with Gasteiger partial charge >= 0.3 is 5.69 Å². The first-order valence-electron chi connectivity index (χ1n) is 10.1. The Balaban J connectivity index is 1.35. The van der Waals surface area contributed by atoms with E-state index in [0.29, 0.717) is 6.54 Å². The average Bonchev–Trinajstić information content (AvgIpc) is 3.40. The Morgan fingerprint density at radius 3 is 2.68 bits per heavy atom. The van der Waals surface area contributed by atoms with E-state index in [2.05, 4.69) is 25.9 Å². The highest BCUT2D eigenvalue weighted by Gasteiger charge is 2.19. The Hall–Kier alpha value is -3.97. The highest BCUT2D eigenvalue weighted by atomic mass is 32.1. The molecule has 2 aromatic heterocycles. The molecule has 0 spiro atoms. The van der Waals surface area contributed by atoms with Gasteiger partial charge in [-0.25, -0.2) is 0 Å². The third-order valence-corrected chi connectivity index (χ3v) is 5.94. The lowest BCUT2D eigenvalue weighted by Gasteiger charge is -2.11. The molecular weight excluding hydrogens is 478 g/mol. The second-order valence-electron chi connectivity index (χ2n) is 7.06. The number of benzene rings is 2. The lowest BCUT2D eigenvalue weighted by Crippen LogP contribution is -2.38. The van der Waals surface area contributed by atoms with Gasteiger partial charge in [0.1, 0.15) is 5.01 Å². The van der Waals surface area contributed by atoms with Crippen LogP contribution in [0.1, 0.15) is 28.7 Å². The van der Waals surface area contributed by atoms with E-state index >= 15 is 0 Å². The smallest absolute Gasteiger partial charge is 0.311 e. The zero-order chi connectivity index (χ0) is 24.2. The molecule has 0 unspecified atom stereocenters. The van der Waals surface area contributed by atoms with Crippen LogP contribution in [0.25, 0.3) is 15.5 Å². The van der Waals surface area contributed by atoms with Gasteiger partial charge in [-0.1, -0.05) is 35.6 Å². The number of rotatable bonds is 7. The number of carbonyl (C=O) groups is 1. The Kier molecular flexibility index (Phi) is 6.75. The Morgan fingerprint density at radius 2 is 2.00 bits per heavy atom. The van der Waals surface area contributed by atoms with Crippen molar-refractivity contribution < 1.29 is 14.5 Å². The van der Waals surface area contributed by atoms with Crippen LogP contribution < -0.4 is 15.4 Å². The number of fused-ring (bicyclic) bond motifs is 1. The van der Waals surface area contributed by atoms with Gasteiger partial charge in [-0.3, -0.25) is 20.2 Å². The fourth-order valence-electron chi connectivity index (χ4n) is 3.08. The van der Waals surface area contributed by atoms with Crippen LogP contribution in [0.15, 0.2) is 42.5 Å². The molecular formula is C21H19N7O4S2. The summed E-state index contributed by atoms with van der Waals surface area (Å²) >= 11 is 6.65. The molecule has 0 fully saturated rings. The number of nitrogens with zero attached hydrogens (tertiary/aromatic N) is 5. The minimum atomic E-state index is -0.594. The van der Waals surface area contributed by atoms with Gasteiger partial charge in [-0.15, -0.1) is 10.2 Å². The second kappa shape index (κ2) is 9.89.